The first kappa shape index (κ1) is 17.5. The molecule has 0 bridgehead atoms. The number of carbonyl (C=O) groups excluding carboxylic acids is 1. The molecule has 0 spiro atoms. The summed E-state index contributed by atoms with van der Waals surface area (Å²) in [5, 5.41) is 11.3. The van der Waals surface area contributed by atoms with Gasteiger partial charge < -0.3 is 5.11 Å². The van der Waals surface area contributed by atoms with E-state index in [0.717, 1.165) is 44.1 Å². The van der Waals surface area contributed by atoms with Gasteiger partial charge in [-0.1, -0.05) is 38.0 Å². The second kappa shape index (κ2) is 6.31. The van der Waals surface area contributed by atoms with Crippen molar-refractivity contribution < 1.29 is 9.90 Å². The van der Waals surface area contributed by atoms with E-state index in [1.165, 1.54) is 5.57 Å². The summed E-state index contributed by atoms with van der Waals surface area (Å²) in [6.45, 7) is 10.5. The van der Waals surface area contributed by atoms with Gasteiger partial charge in [-0.3, -0.25) is 4.79 Å². The third-order valence-corrected chi connectivity index (χ3v) is 6.22. The number of ketones is 1. The number of hydrogen-bond donors (Lipinski definition) is 1. The predicted molar refractivity (Wildman–Crippen MR) is 91.6 cm³/mol. The molecule has 0 unspecified atom stereocenters. The molecule has 1 N–H and O–H groups in total. The molecule has 1 saturated carbocycles. The van der Waals surface area contributed by atoms with Crippen LogP contribution in [0.25, 0.3) is 0 Å². The first-order valence-electron chi connectivity index (χ1n) is 8.80. The van der Waals surface area contributed by atoms with E-state index >= 15 is 0 Å². The van der Waals surface area contributed by atoms with Crippen molar-refractivity contribution in [2.24, 2.45) is 17.3 Å². The Morgan fingerprint density at radius 3 is 2.50 bits per heavy atom. The number of carbonyl (C=O) groups is 1. The third-order valence-electron chi connectivity index (χ3n) is 6.22. The van der Waals surface area contributed by atoms with Gasteiger partial charge >= 0.3 is 0 Å². The maximum atomic E-state index is 12.9. The minimum atomic E-state index is -0.708. The summed E-state index contributed by atoms with van der Waals surface area (Å²) in [4.78, 5) is 12.9. The molecule has 3 atom stereocenters. The minimum Gasteiger partial charge on any atom is -0.389 e. The van der Waals surface area contributed by atoms with Crippen LogP contribution in [0.5, 0.6) is 0 Å². The van der Waals surface area contributed by atoms with Crippen molar-refractivity contribution in [3.05, 3.63) is 23.3 Å². The highest BCUT2D eigenvalue weighted by Gasteiger charge is 2.57. The van der Waals surface area contributed by atoms with Gasteiger partial charge in [-0.15, -0.1) is 0 Å². The van der Waals surface area contributed by atoms with Crippen LogP contribution < -0.4 is 0 Å². The summed E-state index contributed by atoms with van der Waals surface area (Å²) in [7, 11) is 0. The fraction of sp³-hybridized carbons (Fsp3) is 0.750. The molecule has 0 aromatic heterocycles. The Bertz CT molecular complexity index is 500. The van der Waals surface area contributed by atoms with Crippen molar-refractivity contribution >= 4 is 5.78 Å². The van der Waals surface area contributed by atoms with Crippen LogP contribution in [-0.2, 0) is 4.79 Å². The number of aliphatic hydroxyl groups is 1. The Hall–Kier alpha value is -0.890. The molecule has 0 aliphatic heterocycles. The van der Waals surface area contributed by atoms with E-state index in [1.807, 2.05) is 6.08 Å². The lowest BCUT2D eigenvalue weighted by Crippen LogP contribution is -2.45. The second-order valence-corrected chi connectivity index (χ2v) is 8.10. The molecule has 0 heterocycles. The van der Waals surface area contributed by atoms with Gasteiger partial charge in [0.2, 0.25) is 0 Å². The minimum absolute atomic E-state index is 0.0537. The summed E-state index contributed by atoms with van der Waals surface area (Å²) >= 11 is 0. The van der Waals surface area contributed by atoms with Crippen molar-refractivity contribution in [1.29, 1.82) is 0 Å². The lowest BCUT2D eigenvalue weighted by molar-refractivity contribution is -0.130. The Morgan fingerprint density at radius 2 is 1.86 bits per heavy atom. The molecular weight excluding hydrogens is 272 g/mol. The van der Waals surface area contributed by atoms with Gasteiger partial charge in [0, 0.05) is 11.3 Å². The summed E-state index contributed by atoms with van der Waals surface area (Å²) in [6, 6.07) is 0. The summed E-state index contributed by atoms with van der Waals surface area (Å²) in [5.41, 5.74) is 1.43. The maximum absolute atomic E-state index is 12.9. The smallest absolute Gasteiger partial charge is 0.161 e. The van der Waals surface area contributed by atoms with Crippen molar-refractivity contribution in [2.45, 2.75) is 78.7 Å². The number of rotatable bonds is 1. The van der Waals surface area contributed by atoms with Gasteiger partial charge in [0.05, 0.1) is 5.60 Å². The van der Waals surface area contributed by atoms with Crippen LogP contribution in [0.3, 0.4) is 0 Å². The molecule has 0 aromatic rings. The first-order chi connectivity index (χ1) is 10.2. The van der Waals surface area contributed by atoms with Crippen LogP contribution >= 0.6 is 0 Å². The molecule has 2 heteroatoms. The van der Waals surface area contributed by atoms with E-state index in [2.05, 4.69) is 40.7 Å². The summed E-state index contributed by atoms with van der Waals surface area (Å²) in [6.07, 6.45) is 9.57. The first-order valence-corrected chi connectivity index (χ1v) is 8.80. The van der Waals surface area contributed by atoms with Crippen LogP contribution in [-0.4, -0.2) is 16.5 Å². The van der Waals surface area contributed by atoms with Crippen molar-refractivity contribution in [1.82, 2.24) is 0 Å². The lowest BCUT2D eigenvalue weighted by Gasteiger charge is -2.40. The zero-order valence-corrected chi connectivity index (χ0v) is 14.9. The van der Waals surface area contributed by atoms with Gasteiger partial charge in [0.15, 0.2) is 5.78 Å². The monoisotopic (exact) mass is 304 g/mol. The summed E-state index contributed by atoms with van der Waals surface area (Å²) < 4.78 is 0. The van der Waals surface area contributed by atoms with Crippen LogP contribution in [0.1, 0.15) is 73.1 Å². The number of fused-ring (bicyclic) bond motifs is 1. The fourth-order valence-corrected chi connectivity index (χ4v) is 4.40. The Morgan fingerprint density at radius 1 is 1.18 bits per heavy atom. The predicted octanol–water partition coefficient (Wildman–Crippen LogP) is 4.83. The largest absolute Gasteiger partial charge is 0.389 e. The molecule has 2 aliphatic carbocycles. The molecule has 1 fully saturated rings. The van der Waals surface area contributed by atoms with E-state index in [1.54, 1.807) is 0 Å². The average Bonchev–Trinajstić information content (AvgIpc) is 2.69. The Balaban J connectivity index is 2.43. The molecule has 124 valence electrons. The molecule has 2 aliphatic rings. The van der Waals surface area contributed by atoms with Crippen LogP contribution in [0, 0.1) is 17.3 Å². The van der Waals surface area contributed by atoms with Gasteiger partial charge in [0.25, 0.3) is 0 Å². The number of hydrogen-bond acceptors (Lipinski definition) is 2. The van der Waals surface area contributed by atoms with Gasteiger partial charge in [-0.05, 0) is 64.4 Å². The van der Waals surface area contributed by atoms with Crippen molar-refractivity contribution in [3.63, 3.8) is 0 Å². The van der Waals surface area contributed by atoms with Gasteiger partial charge in [0.1, 0.15) is 0 Å². The van der Waals surface area contributed by atoms with Crippen molar-refractivity contribution in [3.8, 4) is 0 Å². The van der Waals surface area contributed by atoms with E-state index in [-0.39, 0.29) is 17.6 Å². The fourth-order valence-electron chi connectivity index (χ4n) is 4.40. The topological polar surface area (TPSA) is 37.3 Å². The molecule has 0 saturated heterocycles. The normalized spacial score (nSPS) is 42.1. The highest BCUT2D eigenvalue weighted by molar-refractivity contribution is 5.95. The van der Waals surface area contributed by atoms with E-state index in [0.29, 0.717) is 0 Å². The Kier molecular flexibility index (Phi) is 5.01. The van der Waals surface area contributed by atoms with Gasteiger partial charge in [-0.2, -0.15) is 0 Å². The van der Waals surface area contributed by atoms with E-state index in [4.69, 9.17) is 0 Å². The second-order valence-electron chi connectivity index (χ2n) is 8.10. The molecule has 0 amide bonds. The number of allylic oxidation sites excluding steroid dienone is 4. The highest BCUT2D eigenvalue weighted by Crippen LogP contribution is 2.55. The zero-order chi connectivity index (χ0) is 16.5. The molecule has 0 aromatic carbocycles. The standard InChI is InChI=1S/C20H32O2/c1-14(2)20(22)12-11-19(5)17(20)10-9-15(3)7-6-8-16(4)13-18(19)21/h7,13-14,17,22H,6,8-12H2,1-5H3/b15-7-,16-13-/t17-,19+,20-/m1/s1. The lowest BCUT2D eigenvalue weighted by atomic mass is 9.67. The van der Waals surface area contributed by atoms with Gasteiger partial charge in [-0.25, -0.2) is 0 Å². The molecule has 2 nitrogen and oxygen atoms in total. The maximum Gasteiger partial charge on any atom is 0.161 e. The average molecular weight is 304 g/mol. The Labute approximate surface area is 135 Å². The molecule has 2 rings (SSSR count). The third kappa shape index (κ3) is 3.08. The van der Waals surface area contributed by atoms with E-state index in [9.17, 15) is 9.90 Å². The van der Waals surface area contributed by atoms with Crippen LogP contribution in [0.15, 0.2) is 23.3 Å². The van der Waals surface area contributed by atoms with Crippen LogP contribution in [0.2, 0.25) is 0 Å². The van der Waals surface area contributed by atoms with E-state index < -0.39 is 11.0 Å². The SMILES string of the molecule is C/C1=C/C(=O)[C@@]2(C)CC[C@@](O)(C(C)C)[C@@H]2CC/C(C)=C\CC1. The molecule has 22 heavy (non-hydrogen) atoms. The zero-order valence-electron chi connectivity index (χ0n) is 14.9. The molecule has 0 radical (unpaired) electrons. The quantitative estimate of drug-likeness (QED) is 0.705. The van der Waals surface area contributed by atoms with Crippen LogP contribution in [0.4, 0.5) is 0 Å². The van der Waals surface area contributed by atoms with Crippen molar-refractivity contribution in [2.75, 3.05) is 0 Å². The summed E-state index contributed by atoms with van der Waals surface area (Å²) in [5.74, 6) is 0.468. The molecular formula is C20H32O2. The highest BCUT2D eigenvalue weighted by atomic mass is 16.3.